The van der Waals surface area contributed by atoms with Gasteiger partial charge in [0.1, 0.15) is 0 Å². The number of rotatable bonds is 3. The summed E-state index contributed by atoms with van der Waals surface area (Å²) in [4.78, 5) is 13.6. The van der Waals surface area contributed by atoms with Gasteiger partial charge < -0.3 is 16.0 Å². The van der Waals surface area contributed by atoms with E-state index in [9.17, 15) is 4.79 Å². The highest BCUT2D eigenvalue weighted by molar-refractivity contribution is 5.94. The smallest absolute Gasteiger partial charge is 0.249 e. The van der Waals surface area contributed by atoms with Gasteiger partial charge in [0.25, 0.3) is 0 Å². The van der Waals surface area contributed by atoms with Crippen LogP contribution in [0.25, 0.3) is 0 Å². The second kappa shape index (κ2) is 4.85. The van der Waals surface area contributed by atoms with Crippen molar-refractivity contribution in [1.29, 1.82) is 0 Å². The van der Waals surface area contributed by atoms with Gasteiger partial charge in [-0.05, 0) is 32.1 Å². The Morgan fingerprint density at radius 2 is 2.12 bits per heavy atom. The Hall–Kier alpha value is -1.39. The van der Waals surface area contributed by atoms with E-state index < -0.39 is 0 Å². The number of benzene rings is 1. The van der Waals surface area contributed by atoms with Gasteiger partial charge in [-0.15, -0.1) is 0 Å². The van der Waals surface area contributed by atoms with Crippen LogP contribution in [0.15, 0.2) is 24.3 Å². The average Bonchev–Trinajstić information content (AvgIpc) is 2.78. The number of carbonyl (C=O) groups is 1. The van der Waals surface area contributed by atoms with Gasteiger partial charge in [0.05, 0.1) is 0 Å². The standard InChI is InChI=1S/C13H19N3O/c1-16(2)9-7-12(15-8-9)10-5-3-4-6-11(10)13(14)17/h3-6,9,12,15H,7-8H2,1-2H3,(H2,14,17)/t9-,12+/m1/s1. The highest BCUT2D eigenvalue weighted by Crippen LogP contribution is 2.27. The van der Waals surface area contributed by atoms with Crippen molar-refractivity contribution >= 4 is 5.91 Å². The number of nitrogens with zero attached hydrogens (tertiary/aromatic N) is 1. The Morgan fingerprint density at radius 3 is 2.71 bits per heavy atom. The molecule has 1 aromatic carbocycles. The Morgan fingerprint density at radius 1 is 1.41 bits per heavy atom. The fraction of sp³-hybridized carbons (Fsp3) is 0.462. The molecule has 0 spiro atoms. The van der Waals surface area contributed by atoms with Crippen LogP contribution in [-0.2, 0) is 0 Å². The summed E-state index contributed by atoms with van der Waals surface area (Å²) in [6.07, 6.45) is 1.01. The summed E-state index contributed by atoms with van der Waals surface area (Å²) in [5.41, 5.74) is 7.05. The zero-order chi connectivity index (χ0) is 12.4. The number of likely N-dealkylation sites (N-methyl/N-ethyl adjacent to an activating group) is 1. The first-order valence-corrected chi connectivity index (χ1v) is 5.88. The Bertz CT molecular complexity index is 417. The van der Waals surface area contributed by atoms with Crippen molar-refractivity contribution in [2.45, 2.75) is 18.5 Å². The summed E-state index contributed by atoms with van der Waals surface area (Å²) in [6, 6.07) is 8.32. The van der Waals surface area contributed by atoms with Gasteiger partial charge in [-0.1, -0.05) is 18.2 Å². The number of nitrogens with one attached hydrogen (secondary N) is 1. The molecule has 4 heteroatoms. The topological polar surface area (TPSA) is 58.4 Å². The first kappa shape index (κ1) is 12.1. The molecule has 2 rings (SSSR count). The van der Waals surface area contributed by atoms with E-state index in [1.807, 2.05) is 18.2 Å². The van der Waals surface area contributed by atoms with Gasteiger partial charge in [-0.3, -0.25) is 4.79 Å². The molecule has 0 aliphatic carbocycles. The number of nitrogens with two attached hydrogens (primary N) is 1. The van der Waals surface area contributed by atoms with Crippen molar-refractivity contribution in [3.8, 4) is 0 Å². The van der Waals surface area contributed by atoms with E-state index in [1.54, 1.807) is 6.07 Å². The Kier molecular flexibility index (Phi) is 3.45. The highest BCUT2D eigenvalue weighted by Gasteiger charge is 2.28. The first-order chi connectivity index (χ1) is 8.09. The summed E-state index contributed by atoms with van der Waals surface area (Å²) in [5.74, 6) is -0.351. The lowest BCUT2D eigenvalue weighted by molar-refractivity contribution is 0.0998. The number of carbonyl (C=O) groups excluding carboxylic acids is 1. The van der Waals surface area contributed by atoms with E-state index in [0.29, 0.717) is 11.6 Å². The molecule has 1 amide bonds. The third kappa shape index (κ3) is 2.48. The minimum absolute atomic E-state index is 0.228. The molecule has 2 atom stereocenters. The molecule has 0 radical (unpaired) electrons. The maximum absolute atomic E-state index is 11.4. The van der Waals surface area contributed by atoms with Crippen LogP contribution >= 0.6 is 0 Å². The molecule has 92 valence electrons. The van der Waals surface area contributed by atoms with Crippen molar-refractivity contribution in [1.82, 2.24) is 10.2 Å². The minimum atomic E-state index is -0.351. The molecule has 1 heterocycles. The lowest BCUT2D eigenvalue weighted by atomic mass is 9.97. The van der Waals surface area contributed by atoms with Crippen molar-refractivity contribution in [2.75, 3.05) is 20.6 Å². The number of primary amides is 1. The molecule has 1 fully saturated rings. The quantitative estimate of drug-likeness (QED) is 0.810. The van der Waals surface area contributed by atoms with Gasteiger partial charge in [-0.25, -0.2) is 0 Å². The predicted octanol–water partition coefficient (Wildman–Crippen LogP) is 0.750. The van der Waals surface area contributed by atoms with Gasteiger partial charge in [-0.2, -0.15) is 0 Å². The maximum atomic E-state index is 11.4. The summed E-state index contributed by atoms with van der Waals surface area (Å²) < 4.78 is 0. The molecule has 1 aliphatic heterocycles. The predicted molar refractivity (Wildman–Crippen MR) is 67.8 cm³/mol. The van der Waals surface area contributed by atoms with Crippen molar-refractivity contribution < 1.29 is 4.79 Å². The van der Waals surface area contributed by atoms with Crippen molar-refractivity contribution in [2.24, 2.45) is 5.73 Å². The number of hydrogen-bond acceptors (Lipinski definition) is 3. The average molecular weight is 233 g/mol. The van der Waals surface area contributed by atoms with Gasteiger partial charge in [0.2, 0.25) is 5.91 Å². The second-order valence-electron chi connectivity index (χ2n) is 4.77. The zero-order valence-electron chi connectivity index (χ0n) is 10.3. The second-order valence-corrected chi connectivity index (χ2v) is 4.77. The lowest BCUT2D eigenvalue weighted by Crippen LogP contribution is -2.29. The SMILES string of the molecule is CN(C)[C@H]1CN[C@H](c2ccccc2C(N)=O)C1. The van der Waals surface area contributed by atoms with Gasteiger partial charge in [0, 0.05) is 24.2 Å². The third-order valence-electron chi connectivity index (χ3n) is 3.44. The molecule has 0 saturated carbocycles. The molecule has 1 aromatic rings. The van der Waals surface area contributed by atoms with Crippen LogP contribution in [0.5, 0.6) is 0 Å². The van der Waals surface area contributed by atoms with E-state index in [2.05, 4.69) is 24.3 Å². The van der Waals surface area contributed by atoms with E-state index in [0.717, 1.165) is 18.5 Å². The van der Waals surface area contributed by atoms with E-state index in [4.69, 9.17) is 5.73 Å². The van der Waals surface area contributed by atoms with Crippen LogP contribution in [0.2, 0.25) is 0 Å². The van der Waals surface area contributed by atoms with Crippen molar-refractivity contribution in [3.05, 3.63) is 35.4 Å². The number of hydrogen-bond donors (Lipinski definition) is 2. The Balaban J connectivity index is 2.21. The minimum Gasteiger partial charge on any atom is -0.366 e. The monoisotopic (exact) mass is 233 g/mol. The molecule has 0 bridgehead atoms. The maximum Gasteiger partial charge on any atom is 0.249 e. The summed E-state index contributed by atoms with van der Waals surface area (Å²) >= 11 is 0. The highest BCUT2D eigenvalue weighted by atomic mass is 16.1. The molecule has 1 aliphatic rings. The van der Waals surface area contributed by atoms with Crippen LogP contribution in [0.1, 0.15) is 28.4 Å². The number of amides is 1. The molecular weight excluding hydrogens is 214 g/mol. The molecule has 0 aromatic heterocycles. The van der Waals surface area contributed by atoms with Crippen LogP contribution in [0.4, 0.5) is 0 Å². The van der Waals surface area contributed by atoms with Crippen molar-refractivity contribution in [3.63, 3.8) is 0 Å². The van der Waals surface area contributed by atoms with Crippen LogP contribution in [0, 0.1) is 0 Å². The summed E-state index contributed by atoms with van der Waals surface area (Å²) in [5, 5.41) is 3.45. The first-order valence-electron chi connectivity index (χ1n) is 5.88. The van der Waals surface area contributed by atoms with E-state index >= 15 is 0 Å². The van der Waals surface area contributed by atoms with Gasteiger partial charge in [0.15, 0.2) is 0 Å². The summed E-state index contributed by atoms with van der Waals surface area (Å²) in [6.45, 7) is 0.949. The molecule has 17 heavy (non-hydrogen) atoms. The van der Waals surface area contributed by atoms with Crippen LogP contribution < -0.4 is 11.1 Å². The largest absolute Gasteiger partial charge is 0.366 e. The lowest BCUT2D eigenvalue weighted by Gasteiger charge is -2.18. The third-order valence-corrected chi connectivity index (χ3v) is 3.44. The fourth-order valence-corrected chi connectivity index (χ4v) is 2.37. The summed E-state index contributed by atoms with van der Waals surface area (Å²) in [7, 11) is 4.16. The zero-order valence-corrected chi connectivity index (χ0v) is 10.3. The normalized spacial score (nSPS) is 24.2. The molecular formula is C13H19N3O. The van der Waals surface area contributed by atoms with Crippen LogP contribution in [0.3, 0.4) is 0 Å². The molecule has 1 saturated heterocycles. The Labute approximate surface area is 102 Å². The molecule has 4 nitrogen and oxygen atoms in total. The fourth-order valence-electron chi connectivity index (χ4n) is 2.37. The van der Waals surface area contributed by atoms with Crippen LogP contribution in [-0.4, -0.2) is 37.5 Å². The molecule has 3 N–H and O–H groups in total. The van der Waals surface area contributed by atoms with Gasteiger partial charge >= 0.3 is 0 Å². The van der Waals surface area contributed by atoms with E-state index in [-0.39, 0.29) is 11.9 Å². The van der Waals surface area contributed by atoms with E-state index in [1.165, 1.54) is 0 Å². The molecule has 0 unspecified atom stereocenters.